The zero-order valence-electron chi connectivity index (χ0n) is 17.6. The van der Waals surface area contributed by atoms with Crippen molar-refractivity contribution in [3.05, 3.63) is 59.7 Å². The van der Waals surface area contributed by atoms with Crippen LogP contribution in [0.4, 0.5) is 0 Å². The predicted molar refractivity (Wildman–Crippen MR) is 119 cm³/mol. The van der Waals surface area contributed by atoms with Crippen LogP contribution in [0, 0.1) is 0 Å². The fourth-order valence-electron chi connectivity index (χ4n) is 3.57. The molecule has 0 aromatic heterocycles. The Morgan fingerprint density at radius 1 is 0.967 bits per heavy atom. The highest BCUT2D eigenvalue weighted by atomic mass is 32.2. The van der Waals surface area contributed by atoms with Gasteiger partial charge in [-0.1, -0.05) is 42.8 Å². The molecule has 0 atom stereocenters. The Hall–Kier alpha value is -2.58. The Morgan fingerprint density at radius 3 is 2.23 bits per heavy atom. The van der Waals surface area contributed by atoms with E-state index in [1.807, 2.05) is 36.4 Å². The van der Waals surface area contributed by atoms with Crippen LogP contribution < -0.4 is 15.4 Å². The lowest BCUT2D eigenvalue weighted by molar-refractivity contribution is 0.346. The molecule has 7 nitrogen and oxygen atoms in total. The van der Waals surface area contributed by atoms with E-state index >= 15 is 0 Å². The number of nitrogens with zero attached hydrogens (tertiary/aromatic N) is 2. The average molecular weight is 431 g/mol. The molecule has 8 heteroatoms. The van der Waals surface area contributed by atoms with Crippen molar-refractivity contribution in [1.29, 1.82) is 0 Å². The molecule has 0 unspecified atom stereocenters. The van der Waals surface area contributed by atoms with Gasteiger partial charge in [-0.3, -0.25) is 4.99 Å². The third kappa shape index (κ3) is 5.31. The minimum absolute atomic E-state index is 0.356. The smallest absolute Gasteiger partial charge is 0.243 e. The number of aliphatic imine (C=N–C) groups is 1. The van der Waals surface area contributed by atoms with E-state index in [1.165, 1.54) is 0 Å². The normalized spacial score (nSPS) is 15.6. The lowest BCUT2D eigenvalue weighted by atomic mass is 10.2. The van der Waals surface area contributed by atoms with Gasteiger partial charge < -0.3 is 15.4 Å². The molecule has 2 N–H and O–H groups in total. The van der Waals surface area contributed by atoms with Crippen LogP contribution in [0.15, 0.2) is 58.4 Å². The highest BCUT2D eigenvalue weighted by Crippen LogP contribution is 2.23. The summed E-state index contributed by atoms with van der Waals surface area (Å²) in [6, 6.07) is 14.9. The van der Waals surface area contributed by atoms with E-state index in [1.54, 1.807) is 30.6 Å². The lowest BCUT2D eigenvalue weighted by Gasteiger charge is -2.27. The molecule has 0 amide bonds. The molecule has 3 rings (SSSR count). The highest BCUT2D eigenvalue weighted by Gasteiger charge is 2.27. The molecule has 1 saturated heterocycles. The van der Waals surface area contributed by atoms with E-state index in [2.05, 4.69) is 15.6 Å². The van der Waals surface area contributed by atoms with Crippen molar-refractivity contribution >= 4 is 16.0 Å². The summed E-state index contributed by atoms with van der Waals surface area (Å²) in [6.07, 6.45) is 2.92. The van der Waals surface area contributed by atoms with Gasteiger partial charge in [0.25, 0.3) is 0 Å². The Kier molecular flexibility index (Phi) is 7.70. The molecule has 0 radical (unpaired) electrons. The number of rotatable bonds is 7. The number of para-hydroxylation sites is 1. The number of hydrogen-bond donors (Lipinski definition) is 2. The molecule has 1 fully saturated rings. The SMILES string of the molecule is CN=C(NCc1ccccc1OC)NCc1ccccc1S(=O)(=O)N1CCCCC1. The topological polar surface area (TPSA) is 83.0 Å². The molecular formula is C22H30N4O3S. The zero-order chi connectivity index (χ0) is 21.4. The van der Waals surface area contributed by atoms with Crippen molar-refractivity contribution in [2.45, 2.75) is 37.2 Å². The number of piperidine rings is 1. The standard InChI is InChI=1S/C22H30N4O3S/c1-23-22(24-16-18-10-4-6-12-20(18)29-2)25-17-19-11-5-7-13-21(19)30(27,28)26-14-8-3-9-15-26/h4-7,10-13H,3,8-9,14-17H2,1-2H3,(H2,23,24,25). The van der Waals surface area contributed by atoms with Crippen LogP contribution in [0.5, 0.6) is 5.75 Å². The van der Waals surface area contributed by atoms with E-state index in [-0.39, 0.29) is 0 Å². The number of ether oxygens (including phenoxy) is 1. The van der Waals surface area contributed by atoms with Gasteiger partial charge in [0.2, 0.25) is 10.0 Å². The van der Waals surface area contributed by atoms with Gasteiger partial charge in [0.1, 0.15) is 5.75 Å². The third-order valence-electron chi connectivity index (χ3n) is 5.21. The van der Waals surface area contributed by atoms with Crippen LogP contribution in [0.1, 0.15) is 30.4 Å². The molecule has 2 aromatic rings. The van der Waals surface area contributed by atoms with Crippen LogP contribution in [0.2, 0.25) is 0 Å². The van der Waals surface area contributed by atoms with E-state index in [4.69, 9.17) is 4.74 Å². The van der Waals surface area contributed by atoms with Gasteiger partial charge >= 0.3 is 0 Å². The third-order valence-corrected chi connectivity index (χ3v) is 7.21. The van der Waals surface area contributed by atoms with Gasteiger partial charge in [0.15, 0.2) is 5.96 Å². The summed E-state index contributed by atoms with van der Waals surface area (Å²) in [5.74, 6) is 1.39. The van der Waals surface area contributed by atoms with Crippen LogP contribution in [-0.4, -0.2) is 45.9 Å². The molecule has 0 aliphatic carbocycles. The minimum Gasteiger partial charge on any atom is -0.496 e. The fourth-order valence-corrected chi connectivity index (χ4v) is 5.31. The van der Waals surface area contributed by atoms with Crippen molar-refractivity contribution in [3.63, 3.8) is 0 Å². The quantitative estimate of drug-likeness (QED) is 0.521. The Bertz CT molecular complexity index is 970. The van der Waals surface area contributed by atoms with Crippen molar-refractivity contribution in [3.8, 4) is 5.75 Å². The number of guanidine groups is 1. The molecule has 1 heterocycles. The van der Waals surface area contributed by atoms with Crippen molar-refractivity contribution in [1.82, 2.24) is 14.9 Å². The zero-order valence-corrected chi connectivity index (χ0v) is 18.4. The molecule has 1 aliphatic rings. The van der Waals surface area contributed by atoms with E-state index in [0.717, 1.165) is 36.1 Å². The van der Waals surface area contributed by atoms with Crippen LogP contribution in [-0.2, 0) is 23.1 Å². The minimum atomic E-state index is -3.50. The summed E-state index contributed by atoms with van der Waals surface area (Å²) in [7, 11) is -0.162. The van der Waals surface area contributed by atoms with Gasteiger partial charge in [-0.15, -0.1) is 0 Å². The summed E-state index contributed by atoms with van der Waals surface area (Å²) >= 11 is 0. The van der Waals surface area contributed by atoms with Crippen LogP contribution in [0.3, 0.4) is 0 Å². The second kappa shape index (κ2) is 10.4. The molecule has 0 saturated carbocycles. The Balaban J connectivity index is 1.67. The maximum absolute atomic E-state index is 13.1. The molecule has 2 aromatic carbocycles. The molecule has 1 aliphatic heterocycles. The first-order valence-electron chi connectivity index (χ1n) is 10.2. The first kappa shape index (κ1) is 22.1. The highest BCUT2D eigenvalue weighted by molar-refractivity contribution is 7.89. The molecule has 0 bridgehead atoms. The first-order valence-corrected chi connectivity index (χ1v) is 11.6. The van der Waals surface area contributed by atoms with Gasteiger partial charge in [-0.05, 0) is 30.5 Å². The first-order chi connectivity index (χ1) is 14.6. The number of benzene rings is 2. The fraction of sp³-hybridized carbons (Fsp3) is 0.409. The predicted octanol–water partition coefficient (Wildman–Crippen LogP) is 2.74. The summed E-state index contributed by atoms with van der Waals surface area (Å²) in [4.78, 5) is 4.61. The van der Waals surface area contributed by atoms with Crippen molar-refractivity contribution < 1.29 is 13.2 Å². The van der Waals surface area contributed by atoms with Crippen molar-refractivity contribution in [2.75, 3.05) is 27.2 Å². The molecular weight excluding hydrogens is 400 g/mol. The Morgan fingerprint density at radius 2 is 1.57 bits per heavy atom. The number of methoxy groups -OCH3 is 1. The van der Waals surface area contributed by atoms with Gasteiger partial charge in [0, 0.05) is 38.8 Å². The second-order valence-electron chi connectivity index (χ2n) is 7.16. The molecule has 0 spiro atoms. The van der Waals surface area contributed by atoms with Gasteiger partial charge in [-0.25, -0.2) is 8.42 Å². The second-order valence-corrected chi connectivity index (χ2v) is 9.07. The summed E-state index contributed by atoms with van der Waals surface area (Å²) in [5.41, 5.74) is 1.74. The molecule has 30 heavy (non-hydrogen) atoms. The van der Waals surface area contributed by atoms with Gasteiger partial charge in [0.05, 0.1) is 12.0 Å². The number of hydrogen-bond acceptors (Lipinski definition) is 4. The van der Waals surface area contributed by atoms with Crippen LogP contribution >= 0.6 is 0 Å². The summed E-state index contributed by atoms with van der Waals surface area (Å²) in [6.45, 7) is 2.07. The summed E-state index contributed by atoms with van der Waals surface area (Å²) in [5, 5.41) is 6.48. The maximum Gasteiger partial charge on any atom is 0.243 e. The lowest BCUT2D eigenvalue weighted by Crippen LogP contribution is -2.38. The van der Waals surface area contributed by atoms with Crippen LogP contribution in [0.25, 0.3) is 0 Å². The monoisotopic (exact) mass is 430 g/mol. The molecule has 162 valence electrons. The summed E-state index contributed by atoms with van der Waals surface area (Å²) < 4.78 is 33.3. The van der Waals surface area contributed by atoms with Crippen molar-refractivity contribution in [2.24, 2.45) is 4.99 Å². The van der Waals surface area contributed by atoms with E-state index in [0.29, 0.717) is 37.0 Å². The van der Waals surface area contributed by atoms with E-state index in [9.17, 15) is 8.42 Å². The number of sulfonamides is 1. The Labute approximate surface area is 179 Å². The largest absolute Gasteiger partial charge is 0.496 e. The van der Waals surface area contributed by atoms with Gasteiger partial charge in [-0.2, -0.15) is 4.31 Å². The maximum atomic E-state index is 13.1. The number of nitrogens with one attached hydrogen (secondary N) is 2. The average Bonchev–Trinajstić information content (AvgIpc) is 2.80. The van der Waals surface area contributed by atoms with E-state index < -0.39 is 10.0 Å².